The summed E-state index contributed by atoms with van der Waals surface area (Å²) in [5.41, 5.74) is 0.742. The Labute approximate surface area is 141 Å². The number of aryl methyl sites for hydroxylation is 1. The highest BCUT2D eigenvalue weighted by molar-refractivity contribution is 7.07. The highest BCUT2D eigenvalue weighted by Gasteiger charge is 2.43. The number of carbonyl (C=O) groups is 1. The van der Waals surface area contributed by atoms with Crippen molar-refractivity contribution in [3.05, 3.63) is 20.7 Å². The second-order valence-corrected chi connectivity index (χ2v) is 6.51. The number of alkyl halides is 3. The molecule has 10 heteroatoms. The fraction of sp³-hybridized carbons (Fsp3) is 0.714. The number of halogens is 3. The lowest BCUT2D eigenvalue weighted by Gasteiger charge is -2.35. The van der Waals surface area contributed by atoms with E-state index in [2.05, 4.69) is 10.6 Å². The van der Waals surface area contributed by atoms with E-state index in [9.17, 15) is 22.8 Å². The highest BCUT2D eigenvalue weighted by Crippen LogP contribution is 2.24. The number of nitrogens with zero attached hydrogens (tertiary/aromatic N) is 2. The first kappa shape index (κ1) is 18.9. The monoisotopic (exact) mass is 366 g/mol. The predicted octanol–water partition coefficient (Wildman–Crippen LogP) is 0.561. The molecule has 0 spiro atoms. The summed E-state index contributed by atoms with van der Waals surface area (Å²) in [6.07, 6.45) is -4.42. The van der Waals surface area contributed by atoms with Crippen LogP contribution in [0.2, 0.25) is 0 Å². The molecule has 2 heterocycles. The third-order valence-electron chi connectivity index (χ3n) is 4.00. The van der Waals surface area contributed by atoms with Crippen LogP contribution < -0.4 is 15.5 Å². The number of thiazole rings is 1. The zero-order chi connectivity index (χ0) is 17.7. The van der Waals surface area contributed by atoms with Gasteiger partial charge in [0.1, 0.15) is 6.04 Å². The van der Waals surface area contributed by atoms with Gasteiger partial charge in [-0.05, 0) is 6.92 Å². The summed E-state index contributed by atoms with van der Waals surface area (Å²) in [5.74, 6) is -0.489. The zero-order valence-corrected chi connectivity index (χ0v) is 14.2. The Morgan fingerprint density at radius 2 is 2.08 bits per heavy atom. The van der Waals surface area contributed by atoms with Crippen LogP contribution in [-0.4, -0.2) is 60.3 Å². The van der Waals surface area contributed by atoms with Gasteiger partial charge in [0.2, 0.25) is 5.91 Å². The first-order valence-corrected chi connectivity index (χ1v) is 8.60. The summed E-state index contributed by atoms with van der Waals surface area (Å²) >= 11 is 1.04. The Bertz CT molecular complexity index is 608. The molecule has 1 aromatic heterocycles. The molecule has 1 aliphatic rings. The standard InChI is InChI=1S/C14H21F3N4O2S/c1-10-9-24-13(23)21(10)5-2-12(22)19-8-11(14(15,16)17)20-6-3-18-4-7-20/h9,11,18H,2-8H2,1H3,(H,19,22). The van der Waals surface area contributed by atoms with Crippen molar-refractivity contribution in [2.45, 2.75) is 32.1 Å². The van der Waals surface area contributed by atoms with Crippen LogP contribution in [0.15, 0.2) is 10.2 Å². The topological polar surface area (TPSA) is 66.4 Å². The van der Waals surface area contributed by atoms with E-state index in [1.165, 1.54) is 9.47 Å². The maximum atomic E-state index is 13.2. The van der Waals surface area contributed by atoms with E-state index in [4.69, 9.17) is 0 Å². The number of piperazine rings is 1. The molecule has 0 radical (unpaired) electrons. The molecular formula is C14H21F3N4O2S. The molecule has 1 saturated heterocycles. The van der Waals surface area contributed by atoms with Crippen molar-refractivity contribution in [3.63, 3.8) is 0 Å². The molecule has 0 aliphatic carbocycles. The summed E-state index contributed by atoms with van der Waals surface area (Å²) in [6.45, 7) is 3.04. The molecule has 2 rings (SSSR count). The van der Waals surface area contributed by atoms with Crippen LogP contribution in [0.1, 0.15) is 12.1 Å². The van der Waals surface area contributed by atoms with E-state index in [-0.39, 0.29) is 17.8 Å². The van der Waals surface area contributed by atoms with Gasteiger partial charge in [0.15, 0.2) is 0 Å². The van der Waals surface area contributed by atoms with Crippen LogP contribution in [0.4, 0.5) is 13.2 Å². The van der Waals surface area contributed by atoms with Crippen molar-refractivity contribution in [1.82, 2.24) is 20.1 Å². The van der Waals surface area contributed by atoms with Gasteiger partial charge in [0.25, 0.3) is 0 Å². The second-order valence-electron chi connectivity index (χ2n) is 5.69. The molecule has 0 aromatic carbocycles. The van der Waals surface area contributed by atoms with Crippen LogP contribution in [0.3, 0.4) is 0 Å². The number of nitrogens with one attached hydrogen (secondary N) is 2. The molecular weight excluding hydrogens is 345 g/mol. The minimum absolute atomic E-state index is 0.0242. The number of amides is 1. The predicted molar refractivity (Wildman–Crippen MR) is 85.2 cm³/mol. The van der Waals surface area contributed by atoms with E-state index < -0.39 is 24.7 Å². The normalized spacial score (nSPS) is 17.7. The van der Waals surface area contributed by atoms with Gasteiger partial charge in [-0.2, -0.15) is 13.2 Å². The number of hydrogen-bond acceptors (Lipinski definition) is 5. The maximum Gasteiger partial charge on any atom is 0.405 e. The smallest absolute Gasteiger partial charge is 0.354 e. The Morgan fingerprint density at radius 3 is 2.62 bits per heavy atom. The van der Waals surface area contributed by atoms with Crippen molar-refractivity contribution < 1.29 is 18.0 Å². The molecule has 136 valence electrons. The lowest BCUT2D eigenvalue weighted by molar-refractivity contribution is -0.184. The molecule has 1 aromatic rings. The second kappa shape index (κ2) is 8.13. The largest absolute Gasteiger partial charge is 0.405 e. The molecule has 24 heavy (non-hydrogen) atoms. The molecule has 0 bridgehead atoms. The highest BCUT2D eigenvalue weighted by atomic mass is 32.1. The third-order valence-corrected chi connectivity index (χ3v) is 4.88. The van der Waals surface area contributed by atoms with Crippen molar-refractivity contribution in [1.29, 1.82) is 0 Å². The molecule has 0 saturated carbocycles. The van der Waals surface area contributed by atoms with Crippen LogP contribution >= 0.6 is 11.3 Å². The minimum Gasteiger partial charge on any atom is -0.354 e. The van der Waals surface area contributed by atoms with E-state index in [0.29, 0.717) is 26.2 Å². The van der Waals surface area contributed by atoms with E-state index in [1.807, 2.05) is 0 Å². The van der Waals surface area contributed by atoms with Crippen LogP contribution in [0.5, 0.6) is 0 Å². The average Bonchev–Trinajstić information content (AvgIpc) is 2.84. The van der Waals surface area contributed by atoms with E-state index in [1.54, 1.807) is 12.3 Å². The van der Waals surface area contributed by atoms with Gasteiger partial charge in [-0.1, -0.05) is 11.3 Å². The first-order valence-electron chi connectivity index (χ1n) is 7.72. The number of carbonyl (C=O) groups excluding carboxylic acids is 1. The van der Waals surface area contributed by atoms with Crippen molar-refractivity contribution in [3.8, 4) is 0 Å². The SMILES string of the molecule is Cc1csc(=O)n1CCC(=O)NCC(N1CCNCC1)C(F)(F)F. The maximum absolute atomic E-state index is 13.2. The summed E-state index contributed by atoms with van der Waals surface area (Å²) in [6, 6.07) is -1.69. The van der Waals surface area contributed by atoms with E-state index >= 15 is 0 Å². The molecule has 1 atom stereocenters. The molecule has 1 fully saturated rings. The zero-order valence-electron chi connectivity index (χ0n) is 13.4. The number of hydrogen-bond donors (Lipinski definition) is 2. The summed E-state index contributed by atoms with van der Waals surface area (Å²) in [7, 11) is 0. The Balaban J connectivity index is 1.86. The van der Waals surface area contributed by atoms with Gasteiger partial charge in [-0.3, -0.25) is 14.5 Å². The molecule has 1 amide bonds. The summed E-state index contributed by atoms with van der Waals surface area (Å²) < 4.78 is 41.1. The Kier molecular flexibility index (Phi) is 6.41. The van der Waals surface area contributed by atoms with Gasteiger partial charge in [-0.15, -0.1) is 0 Å². The van der Waals surface area contributed by atoms with Crippen LogP contribution in [0, 0.1) is 6.92 Å². The van der Waals surface area contributed by atoms with Gasteiger partial charge in [0, 0.05) is 56.8 Å². The Morgan fingerprint density at radius 1 is 1.42 bits per heavy atom. The number of aromatic nitrogens is 1. The van der Waals surface area contributed by atoms with Gasteiger partial charge < -0.3 is 15.2 Å². The molecule has 1 unspecified atom stereocenters. The molecule has 2 N–H and O–H groups in total. The lowest BCUT2D eigenvalue weighted by Crippen LogP contribution is -2.57. The fourth-order valence-electron chi connectivity index (χ4n) is 2.63. The summed E-state index contributed by atoms with van der Waals surface area (Å²) in [4.78, 5) is 24.6. The first-order chi connectivity index (χ1) is 11.3. The molecule has 1 aliphatic heterocycles. The average molecular weight is 366 g/mol. The quantitative estimate of drug-likeness (QED) is 0.772. The van der Waals surface area contributed by atoms with Crippen molar-refractivity contribution in [2.75, 3.05) is 32.7 Å². The van der Waals surface area contributed by atoms with Crippen molar-refractivity contribution in [2.24, 2.45) is 0 Å². The summed E-state index contributed by atoms with van der Waals surface area (Å²) in [5, 5.41) is 7.04. The lowest BCUT2D eigenvalue weighted by atomic mass is 10.2. The third kappa shape index (κ3) is 5.05. The van der Waals surface area contributed by atoms with Crippen LogP contribution in [0.25, 0.3) is 0 Å². The Hall–Kier alpha value is -1.39. The number of rotatable bonds is 6. The van der Waals surface area contributed by atoms with Crippen molar-refractivity contribution >= 4 is 17.2 Å². The minimum atomic E-state index is -4.40. The van der Waals surface area contributed by atoms with E-state index in [0.717, 1.165) is 17.0 Å². The van der Waals surface area contributed by atoms with Gasteiger partial charge in [0.05, 0.1) is 0 Å². The van der Waals surface area contributed by atoms with Gasteiger partial charge >= 0.3 is 11.0 Å². The fourth-order valence-corrected chi connectivity index (χ4v) is 3.39. The van der Waals surface area contributed by atoms with Crippen LogP contribution in [-0.2, 0) is 11.3 Å². The molecule has 6 nitrogen and oxygen atoms in total. The van der Waals surface area contributed by atoms with Gasteiger partial charge in [-0.25, -0.2) is 0 Å².